The molecule has 1 aliphatic rings. The van der Waals surface area contributed by atoms with E-state index in [9.17, 15) is 0 Å². The molecule has 0 unspecified atom stereocenters. The highest BCUT2D eigenvalue weighted by Gasteiger charge is 2.22. The summed E-state index contributed by atoms with van der Waals surface area (Å²) in [5.74, 6) is 1.68. The van der Waals surface area contributed by atoms with Gasteiger partial charge >= 0.3 is 0 Å². The van der Waals surface area contributed by atoms with Gasteiger partial charge in [-0.15, -0.1) is 0 Å². The van der Waals surface area contributed by atoms with Gasteiger partial charge < -0.3 is 14.3 Å². The second-order valence-corrected chi connectivity index (χ2v) is 6.08. The Balaban J connectivity index is 1.27. The Bertz CT molecular complexity index is 754. The van der Waals surface area contributed by atoms with Crippen LogP contribution in [-0.2, 0) is 13.1 Å². The summed E-state index contributed by atoms with van der Waals surface area (Å²) in [5.41, 5.74) is 1.36. The van der Waals surface area contributed by atoms with Crippen molar-refractivity contribution < 1.29 is 8.94 Å². The second-order valence-electron chi connectivity index (χ2n) is 6.08. The normalized spacial score (nSPS) is 18.2. The summed E-state index contributed by atoms with van der Waals surface area (Å²) < 4.78 is 10.5. The molecule has 24 heavy (non-hydrogen) atoms. The molecule has 1 N–H and O–H groups in total. The number of hydrogen-bond donors (Lipinski definition) is 1. The van der Waals surface area contributed by atoms with Gasteiger partial charge in [0, 0.05) is 25.7 Å². The average Bonchev–Trinajstić information content (AvgIpc) is 3.35. The van der Waals surface area contributed by atoms with Gasteiger partial charge in [0.2, 0.25) is 0 Å². The summed E-state index contributed by atoms with van der Waals surface area (Å²) in [7, 11) is 0. The smallest absolute Gasteiger partial charge is 0.293 e. The molecule has 0 bridgehead atoms. The van der Waals surface area contributed by atoms with Crippen molar-refractivity contribution in [2.45, 2.75) is 25.6 Å². The van der Waals surface area contributed by atoms with E-state index in [1.807, 2.05) is 6.07 Å². The minimum atomic E-state index is 0.425. The maximum atomic E-state index is 5.26. The Morgan fingerprint density at radius 1 is 1.17 bits per heavy atom. The topological polar surface area (TPSA) is 67.3 Å². The number of likely N-dealkylation sites (tertiary alicyclic amines) is 1. The van der Waals surface area contributed by atoms with Crippen LogP contribution >= 0.6 is 0 Å². The van der Waals surface area contributed by atoms with E-state index in [0.717, 1.165) is 26.1 Å². The number of hydrogen-bond acceptors (Lipinski definition) is 6. The molecule has 1 atom stereocenters. The van der Waals surface area contributed by atoms with Gasteiger partial charge in [-0.25, -0.2) is 0 Å². The van der Waals surface area contributed by atoms with Crippen LogP contribution in [0.1, 0.15) is 17.8 Å². The third-order valence-corrected chi connectivity index (χ3v) is 4.27. The molecular weight excluding hydrogens is 304 g/mol. The Kier molecular flexibility index (Phi) is 4.40. The van der Waals surface area contributed by atoms with Crippen LogP contribution in [0.3, 0.4) is 0 Å². The van der Waals surface area contributed by atoms with Crippen molar-refractivity contribution >= 4 is 0 Å². The molecule has 6 heteroatoms. The first-order valence-electron chi connectivity index (χ1n) is 8.23. The number of nitrogens with zero attached hydrogens (tertiary/aromatic N) is 3. The molecular formula is C18H20N4O2. The van der Waals surface area contributed by atoms with Crippen molar-refractivity contribution in [1.29, 1.82) is 0 Å². The largest absolute Gasteiger partial charge is 0.459 e. The number of furan rings is 1. The summed E-state index contributed by atoms with van der Waals surface area (Å²) in [6.07, 6.45) is 2.73. The predicted molar refractivity (Wildman–Crippen MR) is 89.0 cm³/mol. The van der Waals surface area contributed by atoms with Crippen LogP contribution < -0.4 is 5.32 Å². The highest BCUT2D eigenvalue weighted by atomic mass is 16.5. The zero-order valence-corrected chi connectivity index (χ0v) is 13.4. The Labute approximate surface area is 140 Å². The molecule has 1 saturated heterocycles. The van der Waals surface area contributed by atoms with E-state index in [1.165, 1.54) is 5.56 Å². The molecule has 124 valence electrons. The molecule has 1 fully saturated rings. The van der Waals surface area contributed by atoms with Crippen molar-refractivity contribution in [2.24, 2.45) is 0 Å². The van der Waals surface area contributed by atoms with E-state index in [0.29, 0.717) is 30.1 Å². The third kappa shape index (κ3) is 3.55. The fourth-order valence-electron chi connectivity index (χ4n) is 3.05. The molecule has 1 aromatic carbocycles. The molecule has 1 aliphatic heterocycles. The summed E-state index contributed by atoms with van der Waals surface area (Å²) in [5, 5.41) is 7.51. The van der Waals surface area contributed by atoms with Crippen molar-refractivity contribution in [1.82, 2.24) is 20.4 Å². The lowest BCUT2D eigenvalue weighted by Crippen LogP contribution is -2.32. The fraction of sp³-hybridized carbons (Fsp3) is 0.333. The zero-order valence-electron chi connectivity index (χ0n) is 13.4. The van der Waals surface area contributed by atoms with Crippen LogP contribution in [0.2, 0.25) is 0 Å². The van der Waals surface area contributed by atoms with E-state index in [1.54, 1.807) is 12.3 Å². The maximum absolute atomic E-state index is 5.26. The zero-order chi connectivity index (χ0) is 16.2. The predicted octanol–water partition coefficient (Wildman–Crippen LogP) is 2.69. The van der Waals surface area contributed by atoms with Gasteiger partial charge in [-0.05, 0) is 24.1 Å². The Morgan fingerprint density at radius 3 is 2.92 bits per heavy atom. The highest BCUT2D eigenvalue weighted by molar-refractivity contribution is 5.42. The molecule has 0 aliphatic carbocycles. The van der Waals surface area contributed by atoms with Crippen molar-refractivity contribution in [3.05, 3.63) is 60.1 Å². The Hall–Kier alpha value is -2.44. The molecule has 0 spiro atoms. The standard InChI is InChI=1S/C18H20N4O2/c1-2-5-14(6-3-1)12-22-9-8-15(13-22)19-11-17-20-18(24-21-17)16-7-4-10-23-16/h1-7,10,15,19H,8-9,11-13H2/t15-/m0/s1. The quantitative estimate of drug-likeness (QED) is 0.752. The first kappa shape index (κ1) is 15.1. The van der Waals surface area contributed by atoms with E-state index >= 15 is 0 Å². The lowest BCUT2D eigenvalue weighted by Gasteiger charge is -2.16. The third-order valence-electron chi connectivity index (χ3n) is 4.27. The van der Waals surface area contributed by atoms with E-state index in [4.69, 9.17) is 8.94 Å². The van der Waals surface area contributed by atoms with E-state index in [2.05, 4.69) is 50.7 Å². The second kappa shape index (κ2) is 6.98. The van der Waals surface area contributed by atoms with E-state index < -0.39 is 0 Å². The number of benzene rings is 1. The molecule has 2 aromatic heterocycles. The maximum Gasteiger partial charge on any atom is 0.293 e. The van der Waals surface area contributed by atoms with Gasteiger partial charge in [0.15, 0.2) is 11.6 Å². The molecule has 0 radical (unpaired) electrons. The van der Waals surface area contributed by atoms with Gasteiger partial charge in [0.1, 0.15) is 0 Å². The molecule has 0 amide bonds. The first-order chi connectivity index (χ1) is 11.9. The Morgan fingerprint density at radius 2 is 2.08 bits per heavy atom. The number of nitrogens with one attached hydrogen (secondary N) is 1. The summed E-state index contributed by atoms with van der Waals surface area (Å²) in [6.45, 7) is 3.76. The molecule has 0 saturated carbocycles. The van der Waals surface area contributed by atoms with Crippen LogP contribution in [0.4, 0.5) is 0 Å². The summed E-state index contributed by atoms with van der Waals surface area (Å²) in [4.78, 5) is 6.82. The van der Waals surface area contributed by atoms with Gasteiger partial charge in [-0.1, -0.05) is 35.5 Å². The number of aromatic nitrogens is 2. The first-order valence-corrected chi connectivity index (χ1v) is 8.23. The molecule has 3 heterocycles. The van der Waals surface area contributed by atoms with Gasteiger partial charge in [0.05, 0.1) is 12.8 Å². The SMILES string of the molecule is c1ccc(CN2CC[C@H](NCc3noc(-c4ccco4)n3)C2)cc1. The molecule has 6 nitrogen and oxygen atoms in total. The summed E-state index contributed by atoms with van der Waals surface area (Å²) in [6, 6.07) is 14.7. The van der Waals surface area contributed by atoms with E-state index in [-0.39, 0.29) is 0 Å². The van der Waals surface area contributed by atoms with Crippen LogP contribution in [0.5, 0.6) is 0 Å². The summed E-state index contributed by atoms with van der Waals surface area (Å²) >= 11 is 0. The van der Waals surface area contributed by atoms with Gasteiger partial charge in [0.25, 0.3) is 5.89 Å². The van der Waals surface area contributed by atoms with Crippen molar-refractivity contribution in [3.63, 3.8) is 0 Å². The highest BCUT2D eigenvalue weighted by Crippen LogP contribution is 2.17. The van der Waals surface area contributed by atoms with Crippen molar-refractivity contribution in [3.8, 4) is 11.7 Å². The number of rotatable bonds is 6. The van der Waals surface area contributed by atoms with Crippen LogP contribution in [-0.4, -0.2) is 34.2 Å². The van der Waals surface area contributed by atoms with Crippen molar-refractivity contribution in [2.75, 3.05) is 13.1 Å². The van der Waals surface area contributed by atoms with Gasteiger partial charge in [-0.2, -0.15) is 4.98 Å². The lowest BCUT2D eigenvalue weighted by molar-refractivity contribution is 0.319. The van der Waals surface area contributed by atoms with Crippen LogP contribution in [0.15, 0.2) is 57.7 Å². The minimum Gasteiger partial charge on any atom is -0.459 e. The van der Waals surface area contributed by atoms with Gasteiger partial charge in [-0.3, -0.25) is 4.90 Å². The molecule has 4 rings (SSSR count). The molecule has 3 aromatic rings. The van der Waals surface area contributed by atoms with Crippen LogP contribution in [0, 0.1) is 0 Å². The average molecular weight is 324 g/mol. The fourth-order valence-corrected chi connectivity index (χ4v) is 3.05. The lowest BCUT2D eigenvalue weighted by atomic mass is 10.2. The minimum absolute atomic E-state index is 0.425. The monoisotopic (exact) mass is 324 g/mol. The van der Waals surface area contributed by atoms with Crippen LogP contribution in [0.25, 0.3) is 11.7 Å².